The molecule has 3 aromatic carbocycles. The van der Waals surface area contributed by atoms with E-state index in [-0.39, 0.29) is 23.8 Å². The molecule has 0 atom stereocenters. The largest absolute Gasteiger partial charge is 0.488 e. The molecule has 0 saturated carbocycles. The number of para-hydroxylation sites is 1. The predicted octanol–water partition coefficient (Wildman–Crippen LogP) is 6.60. The SMILES string of the molecule is O=C(CN1C(=O)S/C(=C/c2ccccc2OCc2ccccc2Cl)C1=O)c1ccc(Br)cc1. The standard InChI is InChI=1S/C25H17BrClNO4S/c26-19-11-9-16(10-12-19)21(29)14-28-24(30)23(33-25(28)31)13-17-5-2-4-8-22(17)32-15-18-6-1-3-7-20(18)27/h1-13H,14-15H2/b23-13+. The smallest absolute Gasteiger partial charge is 0.293 e. The Hall–Kier alpha value is -2.87. The number of benzene rings is 3. The molecule has 0 spiro atoms. The van der Waals surface area contributed by atoms with Crippen molar-refractivity contribution in [1.82, 2.24) is 4.90 Å². The van der Waals surface area contributed by atoms with E-state index in [0.717, 1.165) is 26.7 Å². The van der Waals surface area contributed by atoms with Crippen molar-refractivity contribution in [1.29, 1.82) is 0 Å². The van der Waals surface area contributed by atoms with Gasteiger partial charge in [0.25, 0.3) is 11.1 Å². The number of ether oxygens (including phenoxy) is 1. The van der Waals surface area contributed by atoms with Crippen molar-refractivity contribution in [2.75, 3.05) is 6.54 Å². The number of carbonyl (C=O) groups excluding carboxylic acids is 3. The fourth-order valence-corrected chi connectivity index (χ4v) is 4.43. The van der Waals surface area contributed by atoms with Crippen LogP contribution in [0.15, 0.2) is 82.2 Å². The maximum Gasteiger partial charge on any atom is 0.293 e. The summed E-state index contributed by atoms with van der Waals surface area (Å²) < 4.78 is 6.77. The second kappa shape index (κ2) is 10.4. The zero-order chi connectivity index (χ0) is 23.4. The Labute approximate surface area is 208 Å². The van der Waals surface area contributed by atoms with Gasteiger partial charge in [0.15, 0.2) is 5.78 Å². The first kappa shape index (κ1) is 23.3. The number of Topliss-reactive ketones (excluding diaryl/α,β-unsaturated/α-hetero) is 1. The number of rotatable bonds is 7. The van der Waals surface area contributed by atoms with Gasteiger partial charge in [0.1, 0.15) is 12.4 Å². The number of carbonyl (C=O) groups is 3. The lowest BCUT2D eigenvalue weighted by Gasteiger charge is -2.12. The third kappa shape index (κ3) is 5.55. The Morgan fingerprint density at radius 1 is 1.00 bits per heavy atom. The van der Waals surface area contributed by atoms with Crippen molar-refractivity contribution in [3.05, 3.63) is 104 Å². The second-order valence-electron chi connectivity index (χ2n) is 7.12. The van der Waals surface area contributed by atoms with Crippen LogP contribution in [0, 0.1) is 0 Å². The normalized spacial score (nSPS) is 14.7. The third-order valence-corrected chi connectivity index (χ3v) is 6.69. The average molecular weight is 543 g/mol. The van der Waals surface area contributed by atoms with Crippen LogP contribution < -0.4 is 4.74 Å². The summed E-state index contributed by atoms with van der Waals surface area (Å²) in [5.41, 5.74) is 1.91. The number of amides is 2. The Bertz CT molecular complexity index is 1260. The van der Waals surface area contributed by atoms with E-state index in [9.17, 15) is 14.4 Å². The lowest BCUT2D eigenvalue weighted by molar-refractivity contribution is -0.122. The first-order chi connectivity index (χ1) is 15.9. The molecule has 0 radical (unpaired) electrons. The van der Waals surface area contributed by atoms with Gasteiger partial charge in [-0.1, -0.05) is 76.1 Å². The Morgan fingerprint density at radius 2 is 1.70 bits per heavy atom. The fraction of sp³-hybridized carbons (Fsp3) is 0.0800. The number of hydrogen-bond donors (Lipinski definition) is 0. The summed E-state index contributed by atoms with van der Waals surface area (Å²) in [6, 6.07) is 21.4. The molecule has 1 aliphatic rings. The monoisotopic (exact) mass is 541 g/mol. The van der Waals surface area contributed by atoms with Gasteiger partial charge in [0.2, 0.25) is 0 Å². The molecule has 3 aromatic rings. The number of ketones is 1. The molecule has 8 heteroatoms. The van der Waals surface area contributed by atoms with Gasteiger partial charge in [-0.3, -0.25) is 19.3 Å². The van der Waals surface area contributed by atoms with Gasteiger partial charge < -0.3 is 4.74 Å². The average Bonchev–Trinajstić information content (AvgIpc) is 3.07. The molecule has 1 heterocycles. The highest BCUT2D eigenvalue weighted by atomic mass is 79.9. The van der Waals surface area contributed by atoms with E-state index in [1.165, 1.54) is 0 Å². The van der Waals surface area contributed by atoms with Gasteiger partial charge in [-0.15, -0.1) is 0 Å². The van der Waals surface area contributed by atoms with E-state index in [2.05, 4.69) is 15.9 Å². The highest BCUT2D eigenvalue weighted by Crippen LogP contribution is 2.34. The van der Waals surface area contributed by atoms with Crippen LogP contribution in [0.3, 0.4) is 0 Å². The summed E-state index contributed by atoms with van der Waals surface area (Å²) in [6.07, 6.45) is 1.61. The Morgan fingerprint density at radius 3 is 2.45 bits per heavy atom. The summed E-state index contributed by atoms with van der Waals surface area (Å²) in [5, 5.41) is 0.123. The molecule has 33 heavy (non-hydrogen) atoms. The minimum Gasteiger partial charge on any atom is -0.488 e. The molecule has 0 aliphatic carbocycles. The van der Waals surface area contributed by atoms with Gasteiger partial charge in [0, 0.05) is 26.2 Å². The molecule has 0 aromatic heterocycles. The summed E-state index contributed by atoms with van der Waals surface area (Å²) in [7, 11) is 0. The molecular formula is C25H17BrClNO4S. The number of imide groups is 1. The van der Waals surface area contributed by atoms with Crippen LogP contribution in [-0.4, -0.2) is 28.4 Å². The van der Waals surface area contributed by atoms with Crippen LogP contribution in [-0.2, 0) is 11.4 Å². The molecule has 0 unspecified atom stereocenters. The molecule has 1 fully saturated rings. The van der Waals surface area contributed by atoms with E-state index in [1.54, 1.807) is 48.5 Å². The van der Waals surface area contributed by atoms with Gasteiger partial charge in [-0.05, 0) is 42.1 Å². The van der Waals surface area contributed by atoms with Crippen LogP contribution in [0.25, 0.3) is 6.08 Å². The highest BCUT2D eigenvalue weighted by molar-refractivity contribution is 9.10. The fourth-order valence-electron chi connectivity index (χ4n) is 3.15. The molecule has 4 rings (SSSR count). The van der Waals surface area contributed by atoms with Crippen LogP contribution in [0.5, 0.6) is 5.75 Å². The summed E-state index contributed by atoms with van der Waals surface area (Å²) in [4.78, 5) is 39.1. The van der Waals surface area contributed by atoms with Crippen LogP contribution in [0.4, 0.5) is 4.79 Å². The number of hydrogen-bond acceptors (Lipinski definition) is 5. The van der Waals surface area contributed by atoms with E-state index < -0.39 is 11.1 Å². The lowest BCUT2D eigenvalue weighted by atomic mass is 10.1. The second-order valence-corrected chi connectivity index (χ2v) is 9.43. The predicted molar refractivity (Wildman–Crippen MR) is 133 cm³/mol. The molecule has 5 nitrogen and oxygen atoms in total. The van der Waals surface area contributed by atoms with Gasteiger partial charge in [-0.25, -0.2) is 0 Å². The molecule has 1 saturated heterocycles. The first-order valence-electron chi connectivity index (χ1n) is 9.92. The lowest BCUT2D eigenvalue weighted by Crippen LogP contribution is -2.33. The topological polar surface area (TPSA) is 63.7 Å². The maximum absolute atomic E-state index is 12.9. The van der Waals surface area contributed by atoms with Crippen molar-refractivity contribution in [3.63, 3.8) is 0 Å². The zero-order valence-electron chi connectivity index (χ0n) is 17.2. The van der Waals surface area contributed by atoms with Gasteiger partial charge in [0.05, 0.1) is 11.4 Å². The molecule has 1 aliphatic heterocycles. The third-order valence-electron chi connectivity index (χ3n) is 4.89. The van der Waals surface area contributed by atoms with Crippen molar-refractivity contribution in [2.45, 2.75) is 6.61 Å². The van der Waals surface area contributed by atoms with Crippen LogP contribution >= 0.6 is 39.3 Å². The number of halogens is 2. The van der Waals surface area contributed by atoms with Crippen LogP contribution in [0.2, 0.25) is 5.02 Å². The quantitative estimate of drug-likeness (QED) is 0.249. The van der Waals surface area contributed by atoms with E-state index in [4.69, 9.17) is 16.3 Å². The van der Waals surface area contributed by atoms with Crippen molar-refractivity contribution >= 4 is 62.3 Å². The molecule has 2 amide bonds. The molecule has 0 bridgehead atoms. The maximum atomic E-state index is 12.9. The van der Waals surface area contributed by atoms with Crippen molar-refractivity contribution in [2.24, 2.45) is 0 Å². The van der Waals surface area contributed by atoms with E-state index in [0.29, 0.717) is 21.9 Å². The number of thioether (sulfide) groups is 1. The summed E-state index contributed by atoms with van der Waals surface area (Å²) in [6.45, 7) is -0.0536. The summed E-state index contributed by atoms with van der Waals surface area (Å²) in [5.74, 6) is -0.263. The molecular weight excluding hydrogens is 526 g/mol. The van der Waals surface area contributed by atoms with Crippen LogP contribution in [0.1, 0.15) is 21.5 Å². The highest BCUT2D eigenvalue weighted by Gasteiger charge is 2.36. The number of nitrogens with zero attached hydrogens (tertiary/aromatic N) is 1. The van der Waals surface area contributed by atoms with Crippen molar-refractivity contribution in [3.8, 4) is 5.75 Å². The minimum absolute atomic E-state index is 0.234. The van der Waals surface area contributed by atoms with Gasteiger partial charge >= 0.3 is 0 Å². The summed E-state index contributed by atoms with van der Waals surface area (Å²) >= 11 is 10.3. The van der Waals surface area contributed by atoms with E-state index in [1.807, 2.05) is 30.3 Å². The van der Waals surface area contributed by atoms with Crippen molar-refractivity contribution < 1.29 is 19.1 Å². The van der Waals surface area contributed by atoms with Gasteiger partial charge in [-0.2, -0.15) is 0 Å². The minimum atomic E-state index is -0.503. The first-order valence-corrected chi connectivity index (χ1v) is 11.9. The molecule has 0 N–H and O–H groups in total. The Balaban J connectivity index is 1.50. The Kier molecular flexibility index (Phi) is 7.33. The molecule has 166 valence electrons. The zero-order valence-corrected chi connectivity index (χ0v) is 20.3. The van der Waals surface area contributed by atoms with E-state index >= 15 is 0 Å².